The average molecular weight is 397 g/mol. The molecule has 0 fully saturated rings. The molecule has 0 aromatic heterocycles. The normalized spacial score (nSPS) is 13.5. The maximum absolute atomic E-state index is 12.3. The molecule has 3 rings (SSSR count). The molecule has 1 amide bonds. The topological polar surface area (TPSA) is 72.5 Å². The van der Waals surface area contributed by atoms with Crippen molar-refractivity contribution < 1.29 is 19.1 Å². The van der Waals surface area contributed by atoms with Gasteiger partial charge in [-0.2, -0.15) is 0 Å². The van der Waals surface area contributed by atoms with Crippen molar-refractivity contribution in [1.82, 2.24) is 0 Å². The standard InChI is InChI=1S/C22H23NO4S/c1-14(24)17-6-4-8-19(11-17)23-22(26)15(2)27-21(25)13-28-20-10-9-16-5-3-7-18(16)12-20/h4,6,8-12,15H,3,5,7,13H2,1-2H3,(H,23,26)/t15-/m1/s1. The lowest BCUT2D eigenvalue weighted by atomic mass is 10.1. The van der Waals surface area contributed by atoms with Gasteiger partial charge in [-0.15, -0.1) is 11.8 Å². The second-order valence-electron chi connectivity index (χ2n) is 6.83. The molecule has 0 saturated carbocycles. The Bertz CT molecular complexity index is 909. The summed E-state index contributed by atoms with van der Waals surface area (Å²) in [6, 6.07) is 12.9. The van der Waals surface area contributed by atoms with Gasteiger partial charge in [-0.3, -0.25) is 14.4 Å². The number of rotatable bonds is 7. The Morgan fingerprint density at radius 1 is 1.11 bits per heavy atom. The predicted molar refractivity (Wildman–Crippen MR) is 110 cm³/mol. The van der Waals surface area contributed by atoms with Crippen molar-refractivity contribution in [2.45, 2.75) is 44.1 Å². The molecule has 1 aliphatic carbocycles. The summed E-state index contributed by atoms with van der Waals surface area (Å²) >= 11 is 1.41. The summed E-state index contributed by atoms with van der Waals surface area (Å²) in [7, 11) is 0. The fourth-order valence-corrected chi connectivity index (χ4v) is 3.87. The summed E-state index contributed by atoms with van der Waals surface area (Å²) in [6.07, 6.45) is 2.49. The lowest BCUT2D eigenvalue weighted by Gasteiger charge is -2.14. The highest BCUT2D eigenvalue weighted by atomic mass is 32.2. The van der Waals surface area contributed by atoms with E-state index < -0.39 is 18.0 Å². The number of Topliss-reactive ketones (excluding diaryl/α,β-unsaturated/α-hetero) is 1. The molecule has 2 aromatic rings. The van der Waals surface area contributed by atoms with Crippen molar-refractivity contribution in [3.63, 3.8) is 0 Å². The Kier molecular flexibility index (Phi) is 6.52. The van der Waals surface area contributed by atoms with Crippen LogP contribution >= 0.6 is 11.8 Å². The molecule has 0 radical (unpaired) electrons. The van der Waals surface area contributed by atoms with Crippen LogP contribution in [0.2, 0.25) is 0 Å². The van der Waals surface area contributed by atoms with E-state index in [1.54, 1.807) is 24.3 Å². The van der Waals surface area contributed by atoms with Gasteiger partial charge in [0.25, 0.3) is 5.91 Å². The molecule has 1 N–H and O–H groups in total. The Balaban J connectivity index is 1.48. The van der Waals surface area contributed by atoms with Crippen molar-refractivity contribution in [3.8, 4) is 0 Å². The number of ether oxygens (including phenoxy) is 1. The number of hydrogen-bond donors (Lipinski definition) is 1. The lowest BCUT2D eigenvalue weighted by Crippen LogP contribution is -2.30. The zero-order valence-electron chi connectivity index (χ0n) is 16.0. The fraction of sp³-hybridized carbons (Fsp3) is 0.318. The van der Waals surface area contributed by atoms with Gasteiger partial charge < -0.3 is 10.1 Å². The van der Waals surface area contributed by atoms with Crippen molar-refractivity contribution in [3.05, 3.63) is 59.2 Å². The Labute approximate surface area is 168 Å². The van der Waals surface area contributed by atoms with Gasteiger partial charge in [0.2, 0.25) is 0 Å². The average Bonchev–Trinajstić information content (AvgIpc) is 3.14. The summed E-state index contributed by atoms with van der Waals surface area (Å²) in [5.41, 5.74) is 3.76. The van der Waals surface area contributed by atoms with E-state index in [0.29, 0.717) is 11.3 Å². The number of carbonyl (C=O) groups excluding carboxylic acids is 3. The van der Waals surface area contributed by atoms with Crippen LogP contribution in [0.25, 0.3) is 0 Å². The molecule has 5 nitrogen and oxygen atoms in total. The maximum atomic E-state index is 12.3. The minimum Gasteiger partial charge on any atom is -0.452 e. The van der Waals surface area contributed by atoms with E-state index in [0.717, 1.165) is 17.7 Å². The molecule has 2 aromatic carbocycles. The third kappa shape index (κ3) is 5.23. The molecular formula is C22H23NO4S. The van der Waals surface area contributed by atoms with Gasteiger partial charge in [-0.1, -0.05) is 18.2 Å². The Hall–Kier alpha value is -2.60. The first-order valence-electron chi connectivity index (χ1n) is 9.28. The van der Waals surface area contributed by atoms with Gasteiger partial charge in [0, 0.05) is 16.1 Å². The predicted octanol–water partition coefficient (Wildman–Crippen LogP) is 4.04. The van der Waals surface area contributed by atoms with Gasteiger partial charge in [0.1, 0.15) is 0 Å². The first kappa shape index (κ1) is 20.1. The van der Waals surface area contributed by atoms with Crippen LogP contribution < -0.4 is 5.32 Å². The zero-order valence-corrected chi connectivity index (χ0v) is 16.8. The highest BCUT2D eigenvalue weighted by Crippen LogP contribution is 2.27. The van der Waals surface area contributed by atoms with Gasteiger partial charge in [0.15, 0.2) is 11.9 Å². The molecule has 0 unspecified atom stereocenters. The van der Waals surface area contributed by atoms with Crippen LogP contribution in [-0.4, -0.2) is 29.5 Å². The molecule has 146 valence electrons. The molecular weight excluding hydrogens is 374 g/mol. The molecule has 0 bridgehead atoms. The van der Waals surface area contributed by atoms with Crippen LogP contribution in [0, 0.1) is 0 Å². The maximum Gasteiger partial charge on any atom is 0.317 e. The van der Waals surface area contributed by atoms with E-state index in [1.165, 1.54) is 43.2 Å². The van der Waals surface area contributed by atoms with E-state index in [1.807, 2.05) is 6.07 Å². The number of fused-ring (bicyclic) bond motifs is 1. The minimum atomic E-state index is -0.922. The summed E-state index contributed by atoms with van der Waals surface area (Å²) < 4.78 is 5.24. The van der Waals surface area contributed by atoms with Gasteiger partial charge in [-0.05, 0) is 68.5 Å². The van der Waals surface area contributed by atoms with E-state index >= 15 is 0 Å². The first-order valence-corrected chi connectivity index (χ1v) is 10.3. The number of benzene rings is 2. The van der Waals surface area contributed by atoms with E-state index in [2.05, 4.69) is 17.4 Å². The Morgan fingerprint density at radius 3 is 2.68 bits per heavy atom. The van der Waals surface area contributed by atoms with Crippen LogP contribution in [0.1, 0.15) is 41.8 Å². The summed E-state index contributed by atoms with van der Waals surface area (Å²) in [4.78, 5) is 36.8. The van der Waals surface area contributed by atoms with Crippen LogP contribution in [0.5, 0.6) is 0 Å². The van der Waals surface area contributed by atoms with Crippen LogP contribution in [-0.2, 0) is 27.2 Å². The highest BCUT2D eigenvalue weighted by molar-refractivity contribution is 8.00. The Morgan fingerprint density at radius 2 is 1.89 bits per heavy atom. The number of esters is 1. The summed E-state index contributed by atoms with van der Waals surface area (Å²) in [5.74, 6) is -0.808. The van der Waals surface area contributed by atoms with E-state index in [9.17, 15) is 14.4 Å². The van der Waals surface area contributed by atoms with Crippen molar-refractivity contribution >= 4 is 35.1 Å². The van der Waals surface area contributed by atoms with Gasteiger partial charge >= 0.3 is 5.97 Å². The number of anilines is 1. The first-order chi connectivity index (χ1) is 13.4. The lowest BCUT2D eigenvalue weighted by molar-refractivity contribution is -0.150. The molecule has 1 aliphatic rings. The molecule has 0 saturated heterocycles. The molecule has 28 heavy (non-hydrogen) atoms. The summed E-state index contributed by atoms with van der Waals surface area (Å²) in [5, 5.41) is 2.67. The van der Waals surface area contributed by atoms with Crippen molar-refractivity contribution in [2.75, 3.05) is 11.1 Å². The molecule has 0 aliphatic heterocycles. The molecule has 6 heteroatoms. The zero-order chi connectivity index (χ0) is 20.1. The van der Waals surface area contributed by atoms with Crippen molar-refractivity contribution in [1.29, 1.82) is 0 Å². The monoisotopic (exact) mass is 397 g/mol. The second-order valence-corrected chi connectivity index (χ2v) is 7.88. The van der Waals surface area contributed by atoms with E-state index in [4.69, 9.17) is 4.74 Å². The molecule has 0 heterocycles. The third-order valence-corrected chi connectivity index (χ3v) is 5.61. The van der Waals surface area contributed by atoms with Crippen LogP contribution in [0.4, 0.5) is 5.69 Å². The van der Waals surface area contributed by atoms with Gasteiger partial charge in [0.05, 0.1) is 5.75 Å². The number of nitrogens with one attached hydrogen (secondary N) is 1. The van der Waals surface area contributed by atoms with Gasteiger partial charge in [-0.25, -0.2) is 0 Å². The fourth-order valence-electron chi connectivity index (χ4n) is 3.12. The number of carbonyl (C=O) groups is 3. The SMILES string of the molecule is CC(=O)c1cccc(NC(=O)[C@@H](C)OC(=O)CSc2ccc3c(c2)CCC3)c1. The van der Waals surface area contributed by atoms with E-state index in [-0.39, 0.29) is 11.5 Å². The largest absolute Gasteiger partial charge is 0.452 e. The van der Waals surface area contributed by atoms with Crippen LogP contribution in [0.3, 0.4) is 0 Å². The number of aryl methyl sites for hydroxylation is 2. The van der Waals surface area contributed by atoms with Crippen molar-refractivity contribution in [2.24, 2.45) is 0 Å². The number of ketones is 1. The molecule has 1 atom stereocenters. The molecule has 0 spiro atoms. The number of hydrogen-bond acceptors (Lipinski definition) is 5. The number of thioether (sulfide) groups is 1. The number of amides is 1. The highest BCUT2D eigenvalue weighted by Gasteiger charge is 2.19. The summed E-state index contributed by atoms with van der Waals surface area (Å²) in [6.45, 7) is 2.99. The third-order valence-electron chi connectivity index (χ3n) is 4.64. The smallest absolute Gasteiger partial charge is 0.317 e. The second kappa shape index (κ2) is 9.06. The van der Waals surface area contributed by atoms with Crippen LogP contribution in [0.15, 0.2) is 47.4 Å². The quantitative estimate of drug-likeness (QED) is 0.434. The minimum absolute atomic E-state index is 0.0841.